The molecule has 0 aromatic carbocycles. The number of rotatable bonds is 3. The number of aryl methyl sites for hydroxylation is 2. The van der Waals surface area contributed by atoms with Crippen LogP contribution in [0.1, 0.15) is 58.6 Å². The van der Waals surface area contributed by atoms with Crippen molar-refractivity contribution in [3.05, 3.63) is 21.4 Å². The zero-order valence-electron chi connectivity index (χ0n) is 12.1. The van der Waals surface area contributed by atoms with E-state index in [0.29, 0.717) is 12.8 Å². The Balaban J connectivity index is 1.57. The number of fused-ring (bicyclic) bond motifs is 1. The number of thiophene rings is 1. The van der Waals surface area contributed by atoms with E-state index >= 15 is 0 Å². The first-order valence-electron chi connectivity index (χ1n) is 7.78. The van der Waals surface area contributed by atoms with Crippen LogP contribution in [0.4, 0.5) is 0 Å². The van der Waals surface area contributed by atoms with E-state index in [1.54, 1.807) is 11.3 Å². The van der Waals surface area contributed by atoms with E-state index in [2.05, 4.69) is 11.4 Å². The van der Waals surface area contributed by atoms with Crippen molar-refractivity contribution < 1.29 is 14.7 Å². The molecule has 1 heterocycles. The minimum atomic E-state index is -0.703. The number of nitrogens with one attached hydrogen (secondary N) is 1. The Morgan fingerprint density at radius 1 is 1.14 bits per heavy atom. The molecule has 2 N–H and O–H groups in total. The van der Waals surface area contributed by atoms with Gasteiger partial charge < -0.3 is 10.4 Å². The van der Waals surface area contributed by atoms with Crippen molar-refractivity contribution in [1.29, 1.82) is 0 Å². The molecule has 2 aliphatic carbocycles. The standard InChI is InChI=1S/C16H21NO3S/c18-15(14-9-11-3-1-2-4-13(11)21-14)17-12-7-5-10(6-8-12)16(19)20/h9-10,12H,1-8H2,(H,17,18)(H,19,20). The molecule has 1 aromatic rings. The molecule has 114 valence electrons. The molecule has 1 aromatic heterocycles. The van der Waals surface area contributed by atoms with Crippen molar-refractivity contribution >= 4 is 23.2 Å². The van der Waals surface area contributed by atoms with Gasteiger partial charge in [0.05, 0.1) is 10.8 Å². The summed E-state index contributed by atoms with van der Waals surface area (Å²) in [7, 11) is 0. The minimum absolute atomic E-state index is 0.0215. The highest BCUT2D eigenvalue weighted by atomic mass is 32.1. The first-order valence-corrected chi connectivity index (χ1v) is 8.60. The topological polar surface area (TPSA) is 66.4 Å². The number of hydrogen-bond donors (Lipinski definition) is 2. The van der Waals surface area contributed by atoms with Crippen molar-refractivity contribution in [2.24, 2.45) is 5.92 Å². The normalized spacial score (nSPS) is 25.1. The van der Waals surface area contributed by atoms with Gasteiger partial charge in [0, 0.05) is 10.9 Å². The zero-order chi connectivity index (χ0) is 14.8. The molecule has 2 aliphatic rings. The van der Waals surface area contributed by atoms with Crippen molar-refractivity contribution in [3.8, 4) is 0 Å². The lowest BCUT2D eigenvalue weighted by atomic mass is 9.86. The quantitative estimate of drug-likeness (QED) is 0.902. The lowest BCUT2D eigenvalue weighted by Gasteiger charge is -2.26. The summed E-state index contributed by atoms with van der Waals surface area (Å²) in [5.74, 6) is -0.911. The van der Waals surface area contributed by atoms with E-state index in [1.165, 1.54) is 23.3 Å². The summed E-state index contributed by atoms with van der Waals surface area (Å²) >= 11 is 1.63. The molecule has 0 radical (unpaired) electrons. The monoisotopic (exact) mass is 307 g/mol. The van der Waals surface area contributed by atoms with Gasteiger partial charge in [0.25, 0.3) is 5.91 Å². The smallest absolute Gasteiger partial charge is 0.306 e. The van der Waals surface area contributed by atoms with Gasteiger partial charge in [-0.2, -0.15) is 0 Å². The third kappa shape index (κ3) is 3.28. The fourth-order valence-electron chi connectivity index (χ4n) is 3.34. The van der Waals surface area contributed by atoms with E-state index < -0.39 is 5.97 Å². The number of hydrogen-bond acceptors (Lipinski definition) is 3. The predicted molar refractivity (Wildman–Crippen MR) is 81.8 cm³/mol. The Morgan fingerprint density at radius 3 is 2.52 bits per heavy atom. The van der Waals surface area contributed by atoms with Gasteiger partial charge in [-0.1, -0.05) is 0 Å². The molecule has 1 amide bonds. The Morgan fingerprint density at radius 2 is 1.86 bits per heavy atom. The lowest BCUT2D eigenvalue weighted by molar-refractivity contribution is -0.142. The molecule has 1 saturated carbocycles. The maximum Gasteiger partial charge on any atom is 0.306 e. The summed E-state index contributed by atoms with van der Waals surface area (Å²) in [4.78, 5) is 25.5. The van der Waals surface area contributed by atoms with Crippen LogP contribution in [0, 0.1) is 5.92 Å². The highest BCUT2D eigenvalue weighted by molar-refractivity contribution is 7.14. The van der Waals surface area contributed by atoms with E-state index in [0.717, 1.165) is 30.6 Å². The predicted octanol–water partition coefficient (Wildman–Crippen LogP) is 3.00. The number of aliphatic carboxylic acids is 1. The third-order valence-electron chi connectivity index (χ3n) is 4.63. The number of carbonyl (C=O) groups is 2. The van der Waals surface area contributed by atoms with Crippen molar-refractivity contribution in [2.75, 3.05) is 0 Å². The zero-order valence-corrected chi connectivity index (χ0v) is 12.9. The van der Waals surface area contributed by atoms with E-state index in [4.69, 9.17) is 5.11 Å². The first-order chi connectivity index (χ1) is 10.1. The molecule has 21 heavy (non-hydrogen) atoms. The van der Waals surface area contributed by atoms with Crippen LogP contribution in [-0.4, -0.2) is 23.0 Å². The maximum absolute atomic E-state index is 12.3. The Kier molecular flexibility index (Phi) is 4.29. The second kappa shape index (κ2) is 6.18. The number of carboxylic acids is 1. The van der Waals surface area contributed by atoms with Crippen LogP contribution in [-0.2, 0) is 17.6 Å². The van der Waals surface area contributed by atoms with Gasteiger partial charge in [-0.25, -0.2) is 0 Å². The lowest BCUT2D eigenvalue weighted by Crippen LogP contribution is -2.38. The van der Waals surface area contributed by atoms with Gasteiger partial charge in [-0.05, 0) is 63.0 Å². The van der Waals surface area contributed by atoms with Crippen LogP contribution in [0.2, 0.25) is 0 Å². The van der Waals surface area contributed by atoms with E-state index in [1.807, 2.05) is 0 Å². The summed E-state index contributed by atoms with van der Waals surface area (Å²) in [6.45, 7) is 0. The molecule has 5 heteroatoms. The van der Waals surface area contributed by atoms with Crippen LogP contribution in [0.25, 0.3) is 0 Å². The maximum atomic E-state index is 12.3. The molecule has 0 saturated heterocycles. The molecule has 4 nitrogen and oxygen atoms in total. The van der Waals surface area contributed by atoms with E-state index in [-0.39, 0.29) is 17.9 Å². The first kappa shape index (κ1) is 14.6. The number of carbonyl (C=O) groups excluding carboxylic acids is 1. The van der Waals surface area contributed by atoms with Crippen LogP contribution < -0.4 is 5.32 Å². The summed E-state index contributed by atoms with van der Waals surface area (Å²) < 4.78 is 0. The molecular weight excluding hydrogens is 286 g/mol. The van der Waals surface area contributed by atoms with Gasteiger partial charge in [0.2, 0.25) is 0 Å². The summed E-state index contributed by atoms with van der Waals surface area (Å²) in [5.41, 5.74) is 1.35. The summed E-state index contributed by atoms with van der Waals surface area (Å²) in [5, 5.41) is 12.1. The average Bonchev–Trinajstić information content (AvgIpc) is 2.92. The summed E-state index contributed by atoms with van der Waals surface area (Å²) in [6, 6.07) is 2.18. The molecular formula is C16H21NO3S. The summed E-state index contributed by atoms with van der Waals surface area (Å²) in [6.07, 6.45) is 7.54. The number of amides is 1. The van der Waals surface area contributed by atoms with Gasteiger partial charge in [-0.15, -0.1) is 11.3 Å². The van der Waals surface area contributed by atoms with E-state index in [9.17, 15) is 9.59 Å². The van der Waals surface area contributed by atoms with Gasteiger partial charge in [0.1, 0.15) is 0 Å². The Bertz CT molecular complexity index is 520. The molecule has 0 atom stereocenters. The molecule has 0 spiro atoms. The highest BCUT2D eigenvalue weighted by Gasteiger charge is 2.27. The fraction of sp³-hybridized carbons (Fsp3) is 0.625. The number of carboxylic acid groups (broad SMARTS) is 1. The van der Waals surface area contributed by atoms with Crippen molar-refractivity contribution in [1.82, 2.24) is 5.32 Å². The highest BCUT2D eigenvalue weighted by Crippen LogP contribution is 2.30. The van der Waals surface area contributed by atoms with Crippen LogP contribution in [0.5, 0.6) is 0 Å². The molecule has 3 rings (SSSR count). The molecule has 0 unspecified atom stereocenters. The third-order valence-corrected chi connectivity index (χ3v) is 5.87. The fourth-order valence-corrected chi connectivity index (χ4v) is 4.50. The molecule has 1 fully saturated rings. The Labute approximate surface area is 128 Å². The van der Waals surface area contributed by atoms with Crippen LogP contribution in [0.3, 0.4) is 0 Å². The second-order valence-electron chi connectivity index (χ2n) is 6.13. The van der Waals surface area contributed by atoms with Crippen molar-refractivity contribution in [3.63, 3.8) is 0 Å². The van der Waals surface area contributed by atoms with Crippen molar-refractivity contribution in [2.45, 2.75) is 57.4 Å². The molecule has 0 bridgehead atoms. The Hall–Kier alpha value is -1.36. The second-order valence-corrected chi connectivity index (χ2v) is 7.26. The van der Waals surface area contributed by atoms with Gasteiger partial charge in [0.15, 0.2) is 0 Å². The average molecular weight is 307 g/mol. The van der Waals surface area contributed by atoms with Gasteiger partial charge >= 0.3 is 5.97 Å². The SMILES string of the molecule is O=C(NC1CCC(C(=O)O)CC1)c1cc2c(s1)CCCC2. The van der Waals surface area contributed by atoms with Gasteiger partial charge in [-0.3, -0.25) is 9.59 Å². The largest absolute Gasteiger partial charge is 0.481 e. The minimum Gasteiger partial charge on any atom is -0.481 e. The van der Waals surface area contributed by atoms with Crippen LogP contribution in [0.15, 0.2) is 6.07 Å². The molecule has 0 aliphatic heterocycles. The van der Waals surface area contributed by atoms with Crippen LogP contribution >= 0.6 is 11.3 Å².